The minimum absolute atomic E-state index is 0.119. The highest BCUT2D eigenvalue weighted by Crippen LogP contribution is 2.40. The summed E-state index contributed by atoms with van der Waals surface area (Å²) in [4.78, 5) is 25.0. The van der Waals surface area contributed by atoms with Crippen LogP contribution in [-0.4, -0.2) is 52.9 Å². The third kappa shape index (κ3) is 3.71. The van der Waals surface area contributed by atoms with Crippen LogP contribution in [0.5, 0.6) is 0 Å². The van der Waals surface area contributed by atoms with E-state index in [-0.39, 0.29) is 12.0 Å². The first kappa shape index (κ1) is 17.1. The maximum Gasteiger partial charge on any atom is 0.411 e. The molecule has 8 heteroatoms. The van der Waals surface area contributed by atoms with Gasteiger partial charge in [0.05, 0.1) is 0 Å². The molecule has 0 unspecified atom stereocenters. The van der Waals surface area contributed by atoms with Gasteiger partial charge < -0.3 is 14.7 Å². The van der Waals surface area contributed by atoms with Gasteiger partial charge in [-0.15, -0.1) is 0 Å². The van der Waals surface area contributed by atoms with Crippen LogP contribution in [0.1, 0.15) is 39.0 Å². The van der Waals surface area contributed by atoms with E-state index in [1.54, 1.807) is 0 Å². The van der Waals surface area contributed by atoms with Crippen molar-refractivity contribution in [3.05, 3.63) is 0 Å². The summed E-state index contributed by atoms with van der Waals surface area (Å²) in [6.45, 7) is -0.275. The summed E-state index contributed by atoms with van der Waals surface area (Å²) in [6.07, 6.45) is -1.99. The number of aliphatic carboxylic acids is 1. The molecule has 0 aromatic heterocycles. The van der Waals surface area contributed by atoms with Gasteiger partial charge in [-0.25, -0.2) is 4.79 Å². The van der Waals surface area contributed by atoms with Crippen LogP contribution in [0.4, 0.5) is 13.2 Å². The van der Waals surface area contributed by atoms with Gasteiger partial charge in [-0.2, -0.15) is 13.2 Å². The Kier molecular flexibility index (Phi) is 4.99. The molecule has 1 aliphatic carbocycles. The molecular weight excluding hydrogens is 303 g/mol. The highest BCUT2D eigenvalue weighted by molar-refractivity contribution is 5.87. The highest BCUT2D eigenvalue weighted by atomic mass is 19.4. The largest absolute Gasteiger partial charge is 0.480 e. The van der Waals surface area contributed by atoms with Crippen LogP contribution in [-0.2, 0) is 14.3 Å². The second kappa shape index (κ2) is 6.44. The lowest BCUT2D eigenvalue weighted by molar-refractivity contribution is -0.190. The number of carbonyl (C=O) groups is 2. The number of carbonyl (C=O) groups excluding carboxylic acids is 1. The predicted octanol–water partition coefficient (Wildman–Crippen LogP) is 2.20. The van der Waals surface area contributed by atoms with Crippen molar-refractivity contribution in [3.63, 3.8) is 0 Å². The fraction of sp³-hybridized carbons (Fsp3) is 0.857. The monoisotopic (exact) mass is 323 g/mol. The van der Waals surface area contributed by atoms with Crippen LogP contribution in [0.25, 0.3) is 0 Å². The van der Waals surface area contributed by atoms with E-state index in [9.17, 15) is 27.9 Å². The molecule has 5 nitrogen and oxygen atoms in total. The Bertz CT molecular complexity index is 440. The molecule has 1 saturated carbocycles. The number of nitrogens with zero attached hydrogens (tertiary/aromatic N) is 1. The topological polar surface area (TPSA) is 66.8 Å². The maximum atomic E-state index is 12.4. The molecule has 22 heavy (non-hydrogen) atoms. The summed E-state index contributed by atoms with van der Waals surface area (Å²) in [7, 11) is 0. The third-order valence-electron chi connectivity index (χ3n) is 4.47. The summed E-state index contributed by atoms with van der Waals surface area (Å²) in [5.41, 5.74) is 0. The van der Waals surface area contributed by atoms with Crippen molar-refractivity contribution in [2.75, 3.05) is 6.61 Å². The molecule has 1 heterocycles. The molecule has 0 spiro atoms. The van der Waals surface area contributed by atoms with Crippen LogP contribution >= 0.6 is 0 Å². The average Bonchev–Trinajstić information content (AvgIpc) is 2.82. The average molecular weight is 323 g/mol. The van der Waals surface area contributed by atoms with Crippen molar-refractivity contribution < 1.29 is 32.6 Å². The van der Waals surface area contributed by atoms with Gasteiger partial charge in [-0.05, 0) is 32.1 Å². The molecule has 0 aromatic carbocycles. The van der Waals surface area contributed by atoms with Gasteiger partial charge in [0.25, 0.3) is 5.91 Å². The van der Waals surface area contributed by atoms with E-state index in [4.69, 9.17) is 0 Å². The number of ether oxygens (including phenoxy) is 1. The lowest BCUT2D eigenvalue weighted by Gasteiger charge is -2.34. The number of hydrogen-bond acceptors (Lipinski definition) is 3. The van der Waals surface area contributed by atoms with Crippen LogP contribution < -0.4 is 0 Å². The second-order valence-electron chi connectivity index (χ2n) is 6.02. The number of fused-ring (bicyclic) bond motifs is 1. The van der Waals surface area contributed by atoms with E-state index in [0.717, 1.165) is 19.3 Å². The van der Waals surface area contributed by atoms with E-state index >= 15 is 0 Å². The molecule has 0 bridgehead atoms. The lowest BCUT2D eigenvalue weighted by Crippen LogP contribution is -2.50. The van der Waals surface area contributed by atoms with Gasteiger partial charge in [0.1, 0.15) is 18.8 Å². The van der Waals surface area contributed by atoms with Crippen LogP contribution in [0.15, 0.2) is 0 Å². The van der Waals surface area contributed by atoms with Crippen LogP contribution in [0.2, 0.25) is 0 Å². The summed E-state index contributed by atoms with van der Waals surface area (Å²) >= 11 is 0. The quantitative estimate of drug-likeness (QED) is 0.861. The Labute approximate surface area is 126 Å². The Morgan fingerprint density at radius 2 is 1.95 bits per heavy atom. The van der Waals surface area contributed by atoms with Crippen molar-refractivity contribution in [1.29, 1.82) is 0 Å². The van der Waals surface area contributed by atoms with Gasteiger partial charge in [-0.1, -0.05) is 12.8 Å². The number of rotatable bonds is 4. The molecule has 0 radical (unpaired) electrons. The van der Waals surface area contributed by atoms with Gasteiger partial charge >= 0.3 is 12.1 Å². The molecule has 1 N–H and O–H groups in total. The summed E-state index contributed by atoms with van der Waals surface area (Å²) in [5, 5.41) is 9.31. The van der Waals surface area contributed by atoms with E-state index in [0.29, 0.717) is 12.8 Å². The smallest absolute Gasteiger partial charge is 0.411 e. The molecule has 1 aliphatic heterocycles. The SMILES string of the molecule is C[C@H](OCC(F)(F)F)C(=O)N1[C@H](C(=O)O)C[C@H]2CCCC[C@@H]21. The molecule has 2 fully saturated rings. The molecule has 2 aliphatic rings. The molecular formula is C14H20F3NO4. The second-order valence-corrected chi connectivity index (χ2v) is 6.02. The van der Waals surface area contributed by atoms with Gasteiger partial charge in [0, 0.05) is 6.04 Å². The van der Waals surface area contributed by atoms with Crippen molar-refractivity contribution in [3.8, 4) is 0 Å². The summed E-state index contributed by atoms with van der Waals surface area (Å²) < 4.78 is 41.1. The normalized spacial score (nSPS) is 30.0. The number of carboxylic acids is 1. The number of likely N-dealkylation sites (tertiary alicyclic amines) is 1. The van der Waals surface area contributed by atoms with Crippen molar-refractivity contribution >= 4 is 11.9 Å². The standard InChI is InChI=1S/C14H20F3NO4/c1-8(22-7-14(15,16)17)12(19)18-10-5-3-2-4-9(10)6-11(18)13(20)21/h8-11H,2-7H2,1H3,(H,20,21)/t8-,9+,10-,11-/m0/s1. The summed E-state index contributed by atoms with van der Waals surface area (Å²) in [5.74, 6) is -1.65. The Balaban J connectivity index is 2.08. The maximum absolute atomic E-state index is 12.4. The van der Waals surface area contributed by atoms with E-state index in [1.807, 2.05) is 0 Å². The van der Waals surface area contributed by atoms with Crippen LogP contribution in [0, 0.1) is 5.92 Å². The number of carboxylic acid groups (broad SMARTS) is 1. The van der Waals surface area contributed by atoms with Crippen molar-refractivity contribution in [1.82, 2.24) is 4.90 Å². The molecule has 4 atom stereocenters. The first-order chi connectivity index (χ1) is 10.2. The van der Waals surface area contributed by atoms with E-state index < -0.39 is 36.8 Å². The minimum atomic E-state index is -4.51. The molecule has 1 amide bonds. The Hall–Kier alpha value is -1.31. The third-order valence-corrected chi connectivity index (χ3v) is 4.47. The van der Waals surface area contributed by atoms with Crippen LogP contribution in [0.3, 0.4) is 0 Å². The Morgan fingerprint density at radius 3 is 2.55 bits per heavy atom. The predicted molar refractivity (Wildman–Crippen MR) is 70.1 cm³/mol. The molecule has 0 aromatic rings. The van der Waals surface area contributed by atoms with E-state index in [2.05, 4.69) is 4.74 Å². The number of halogens is 3. The van der Waals surface area contributed by atoms with Gasteiger partial charge in [-0.3, -0.25) is 4.79 Å². The minimum Gasteiger partial charge on any atom is -0.480 e. The zero-order valence-corrected chi connectivity index (χ0v) is 12.3. The van der Waals surface area contributed by atoms with E-state index in [1.165, 1.54) is 11.8 Å². The molecule has 1 saturated heterocycles. The van der Waals surface area contributed by atoms with Gasteiger partial charge in [0.2, 0.25) is 0 Å². The zero-order valence-electron chi connectivity index (χ0n) is 12.3. The fourth-order valence-electron chi connectivity index (χ4n) is 3.50. The van der Waals surface area contributed by atoms with Gasteiger partial charge in [0.15, 0.2) is 0 Å². The molecule has 126 valence electrons. The fourth-order valence-corrected chi connectivity index (χ4v) is 3.50. The van der Waals surface area contributed by atoms with Crippen molar-refractivity contribution in [2.24, 2.45) is 5.92 Å². The zero-order chi connectivity index (χ0) is 16.5. The number of amides is 1. The highest BCUT2D eigenvalue weighted by Gasteiger charge is 2.48. The Morgan fingerprint density at radius 1 is 1.32 bits per heavy atom. The first-order valence-electron chi connectivity index (χ1n) is 7.44. The van der Waals surface area contributed by atoms with Crippen molar-refractivity contribution in [2.45, 2.75) is 63.4 Å². The summed E-state index contributed by atoms with van der Waals surface area (Å²) in [6, 6.07) is -1.16. The number of alkyl halides is 3. The lowest BCUT2D eigenvalue weighted by atomic mass is 9.84. The molecule has 2 rings (SSSR count). The number of hydrogen-bond donors (Lipinski definition) is 1. The first-order valence-corrected chi connectivity index (χ1v) is 7.44.